The highest BCUT2D eigenvalue weighted by Crippen LogP contribution is 2.32. The third-order valence-corrected chi connectivity index (χ3v) is 5.14. The van der Waals surface area contributed by atoms with Gasteiger partial charge in [0.1, 0.15) is 6.17 Å². The third kappa shape index (κ3) is 4.49. The minimum Gasteiger partial charge on any atom is -0.271 e. The van der Waals surface area contributed by atoms with Crippen LogP contribution in [0.5, 0.6) is 0 Å². The van der Waals surface area contributed by atoms with Gasteiger partial charge in [0.15, 0.2) is 0 Å². The molecule has 1 atom stereocenters. The van der Waals surface area contributed by atoms with Crippen molar-refractivity contribution >= 4 is 17.3 Å². The monoisotopic (exact) mass is 415 g/mol. The van der Waals surface area contributed by atoms with E-state index in [0.29, 0.717) is 17.8 Å². The summed E-state index contributed by atoms with van der Waals surface area (Å²) in [5, 5.41) is 17.0. The number of rotatable bonds is 6. The number of amides is 1. The van der Waals surface area contributed by atoms with Gasteiger partial charge in [-0.25, -0.2) is 5.01 Å². The van der Waals surface area contributed by atoms with Crippen LogP contribution in [-0.4, -0.2) is 38.0 Å². The van der Waals surface area contributed by atoms with Gasteiger partial charge in [0.05, 0.1) is 17.2 Å². The van der Waals surface area contributed by atoms with Gasteiger partial charge in [-0.3, -0.25) is 24.8 Å². The number of aromatic nitrogens is 1. The van der Waals surface area contributed by atoms with E-state index >= 15 is 0 Å². The first-order chi connectivity index (χ1) is 15.0. The lowest BCUT2D eigenvalue weighted by Gasteiger charge is -2.27. The number of non-ortho nitro benzene ring substituents is 1. The summed E-state index contributed by atoms with van der Waals surface area (Å²) in [6, 6.07) is 19.9. The van der Waals surface area contributed by atoms with Crippen LogP contribution in [0.1, 0.15) is 29.8 Å². The number of hydrogen-bond donors (Lipinski definition) is 0. The summed E-state index contributed by atoms with van der Waals surface area (Å²) in [5.74, 6) is -0.119. The van der Waals surface area contributed by atoms with E-state index in [-0.39, 0.29) is 18.1 Å². The topological polar surface area (TPSA) is 91.9 Å². The minimum absolute atomic E-state index is 0.0103. The molecule has 2 aromatic carbocycles. The van der Waals surface area contributed by atoms with Crippen LogP contribution in [0.3, 0.4) is 0 Å². The number of nitro groups is 1. The summed E-state index contributed by atoms with van der Waals surface area (Å²) < 4.78 is 0. The second-order valence-corrected chi connectivity index (χ2v) is 7.28. The number of hydrogen-bond acceptors (Lipinski definition) is 6. The van der Waals surface area contributed by atoms with Crippen LogP contribution in [0.25, 0.3) is 0 Å². The van der Waals surface area contributed by atoms with Crippen molar-refractivity contribution in [3.63, 3.8) is 0 Å². The van der Waals surface area contributed by atoms with Crippen molar-refractivity contribution in [3.8, 4) is 0 Å². The molecule has 3 aromatic rings. The molecule has 4 rings (SSSR count). The van der Waals surface area contributed by atoms with Crippen molar-refractivity contribution in [3.05, 3.63) is 106 Å². The maximum absolute atomic E-state index is 12.9. The average Bonchev–Trinajstić information content (AvgIpc) is 3.09. The SMILES string of the molecule is C/C(=N/N1C(=O)CN(Cc2ccccc2)[C@@H]1c1cccnc1)c1ccc([N+](=O)[O-])cc1. The molecule has 0 N–H and O–H groups in total. The Morgan fingerprint density at radius 1 is 1.13 bits per heavy atom. The molecule has 2 heterocycles. The number of hydrazone groups is 1. The Labute approximate surface area is 179 Å². The zero-order valence-corrected chi connectivity index (χ0v) is 17.0. The maximum atomic E-state index is 12.9. The number of nitrogens with zero attached hydrogens (tertiary/aromatic N) is 5. The van der Waals surface area contributed by atoms with E-state index < -0.39 is 11.1 Å². The molecule has 0 bridgehead atoms. The molecule has 8 nitrogen and oxygen atoms in total. The van der Waals surface area contributed by atoms with Gasteiger partial charge < -0.3 is 0 Å². The first-order valence-electron chi connectivity index (χ1n) is 9.83. The Balaban J connectivity index is 1.66. The first kappa shape index (κ1) is 20.4. The lowest BCUT2D eigenvalue weighted by atomic mass is 10.1. The highest BCUT2D eigenvalue weighted by molar-refractivity contribution is 5.99. The lowest BCUT2D eigenvalue weighted by molar-refractivity contribution is -0.384. The van der Waals surface area contributed by atoms with Gasteiger partial charge in [-0.15, -0.1) is 0 Å². The summed E-state index contributed by atoms with van der Waals surface area (Å²) in [4.78, 5) is 29.7. The second-order valence-electron chi connectivity index (χ2n) is 7.28. The average molecular weight is 415 g/mol. The fraction of sp³-hybridized carbons (Fsp3) is 0.174. The number of pyridine rings is 1. The van der Waals surface area contributed by atoms with E-state index in [0.717, 1.165) is 11.1 Å². The molecule has 0 saturated carbocycles. The van der Waals surface area contributed by atoms with E-state index in [1.165, 1.54) is 17.1 Å². The van der Waals surface area contributed by atoms with Crippen LogP contribution < -0.4 is 0 Å². The predicted octanol–water partition coefficient (Wildman–Crippen LogP) is 3.76. The van der Waals surface area contributed by atoms with E-state index in [1.54, 1.807) is 31.5 Å². The fourth-order valence-electron chi connectivity index (χ4n) is 3.62. The van der Waals surface area contributed by atoms with Crippen LogP contribution in [-0.2, 0) is 11.3 Å². The zero-order valence-electron chi connectivity index (χ0n) is 17.0. The third-order valence-electron chi connectivity index (χ3n) is 5.14. The van der Waals surface area contributed by atoms with E-state index in [4.69, 9.17) is 0 Å². The molecule has 0 spiro atoms. The summed E-state index contributed by atoms with van der Waals surface area (Å²) in [5.41, 5.74) is 3.28. The van der Waals surface area contributed by atoms with Gasteiger partial charge in [-0.05, 0) is 36.2 Å². The molecule has 1 saturated heterocycles. The van der Waals surface area contributed by atoms with Crippen LogP contribution in [0.2, 0.25) is 0 Å². The number of carbonyl (C=O) groups is 1. The molecular formula is C23H21N5O3. The molecule has 156 valence electrons. The summed E-state index contributed by atoms with van der Waals surface area (Å²) in [6.45, 7) is 2.61. The molecule has 1 fully saturated rings. The predicted molar refractivity (Wildman–Crippen MR) is 116 cm³/mol. The molecule has 0 radical (unpaired) electrons. The van der Waals surface area contributed by atoms with Gasteiger partial charge in [0.2, 0.25) is 0 Å². The molecule has 8 heteroatoms. The Bertz CT molecular complexity index is 1100. The normalized spacial score (nSPS) is 17.2. The van der Waals surface area contributed by atoms with E-state index in [2.05, 4.69) is 15.0 Å². The van der Waals surface area contributed by atoms with E-state index in [1.807, 2.05) is 42.5 Å². The zero-order chi connectivity index (χ0) is 21.8. The number of carbonyl (C=O) groups excluding carboxylic acids is 1. The maximum Gasteiger partial charge on any atom is 0.269 e. The molecule has 1 aromatic heterocycles. The Hall–Kier alpha value is -3.91. The Morgan fingerprint density at radius 3 is 2.52 bits per heavy atom. The standard InChI is InChI=1S/C23H21N5O3/c1-17(19-9-11-21(12-10-19)28(30)31)25-27-22(29)16-26(15-18-6-3-2-4-7-18)23(27)20-8-5-13-24-14-20/h2-14,23H,15-16H2,1H3/b25-17-/t23-/m0/s1. The molecule has 0 unspecified atom stereocenters. The molecule has 0 aliphatic carbocycles. The van der Waals surface area contributed by atoms with Gasteiger partial charge in [0.25, 0.3) is 11.6 Å². The molecule has 31 heavy (non-hydrogen) atoms. The van der Waals surface area contributed by atoms with Crippen molar-refractivity contribution in [1.29, 1.82) is 0 Å². The highest BCUT2D eigenvalue weighted by Gasteiger charge is 2.39. The van der Waals surface area contributed by atoms with Crippen molar-refractivity contribution in [2.75, 3.05) is 6.54 Å². The second kappa shape index (κ2) is 8.85. The smallest absolute Gasteiger partial charge is 0.269 e. The van der Waals surface area contributed by atoms with Gasteiger partial charge in [-0.1, -0.05) is 36.4 Å². The minimum atomic E-state index is -0.444. The summed E-state index contributed by atoms with van der Waals surface area (Å²) in [7, 11) is 0. The van der Waals surface area contributed by atoms with Gasteiger partial charge >= 0.3 is 0 Å². The highest BCUT2D eigenvalue weighted by atomic mass is 16.6. The quantitative estimate of drug-likeness (QED) is 0.347. The largest absolute Gasteiger partial charge is 0.271 e. The van der Waals surface area contributed by atoms with Gasteiger partial charge in [0, 0.05) is 36.6 Å². The summed E-state index contributed by atoms with van der Waals surface area (Å²) >= 11 is 0. The molecule has 1 amide bonds. The lowest BCUT2D eigenvalue weighted by Crippen LogP contribution is -2.29. The van der Waals surface area contributed by atoms with Crippen LogP contribution in [0.15, 0.2) is 84.2 Å². The first-order valence-corrected chi connectivity index (χ1v) is 9.83. The molecule has 1 aliphatic heterocycles. The van der Waals surface area contributed by atoms with Crippen LogP contribution in [0, 0.1) is 10.1 Å². The molecule has 1 aliphatic rings. The van der Waals surface area contributed by atoms with Crippen molar-refractivity contribution in [2.45, 2.75) is 19.6 Å². The fourth-order valence-corrected chi connectivity index (χ4v) is 3.62. The van der Waals surface area contributed by atoms with Gasteiger partial charge in [-0.2, -0.15) is 5.10 Å². The van der Waals surface area contributed by atoms with Crippen LogP contribution in [0.4, 0.5) is 5.69 Å². The Kier molecular flexibility index (Phi) is 5.81. The van der Waals surface area contributed by atoms with E-state index in [9.17, 15) is 14.9 Å². The Morgan fingerprint density at radius 2 is 1.87 bits per heavy atom. The summed E-state index contributed by atoms with van der Waals surface area (Å²) in [6.07, 6.45) is 3.04. The van der Waals surface area contributed by atoms with Crippen molar-refractivity contribution < 1.29 is 9.72 Å². The molecular weight excluding hydrogens is 394 g/mol. The number of benzene rings is 2. The van der Waals surface area contributed by atoms with Crippen molar-refractivity contribution in [2.24, 2.45) is 5.10 Å². The van der Waals surface area contributed by atoms with Crippen LogP contribution >= 0.6 is 0 Å². The number of nitro benzene ring substituents is 1. The van der Waals surface area contributed by atoms with Crippen molar-refractivity contribution in [1.82, 2.24) is 14.9 Å².